The number of hydrogen-bond donors (Lipinski definition) is 1. The van der Waals surface area contributed by atoms with Crippen LogP contribution in [0.3, 0.4) is 0 Å². The summed E-state index contributed by atoms with van der Waals surface area (Å²) in [6.07, 6.45) is 0. The second-order valence-corrected chi connectivity index (χ2v) is 6.12. The Morgan fingerprint density at radius 2 is 2.24 bits per heavy atom. The molecule has 1 unspecified atom stereocenters. The minimum atomic E-state index is 0.202. The van der Waals surface area contributed by atoms with E-state index in [4.69, 9.17) is 11.6 Å². The summed E-state index contributed by atoms with van der Waals surface area (Å²) in [7, 11) is 0. The van der Waals surface area contributed by atoms with Gasteiger partial charge in [0.2, 0.25) is 0 Å². The Morgan fingerprint density at radius 3 is 2.82 bits per heavy atom. The SMILES string of the molecule is CC#CCNC(c1cccs1)c1ccc(Cl)s1. The van der Waals surface area contributed by atoms with Crippen molar-refractivity contribution < 1.29 is 0 Å². The first-order chi connectivity index (χ1) is 8.31. The van der Waals surface area contributed by atoms with Crippen LogP contribution in [0.2, 0.25) is 4.34 Å². The van der Waals surface area contributed by atoms with Crippen LogP contribution in [0.15, 0.2) is 29.6 Å². The molecular weight excluding hydrogens is 270 g/mol. The summed E-state index contributed by atoms with van der Waals surface area (Å²) >= 11 is 9.35. The monoisotopic (exact) mass is 281 g/mol. The van der Waals surface area contributed by atoms with E-state index >= 15 is 0 Å². The van der Waals surface area contributed by atoms with Crippen molar-refractivity contribution >= 4 is 34.3 Å². The fourth-order valence-corrected chi connectivity index (χ4v) is 3.57. The third kappa shape index (κ3) is 3.34. The van der Waals surface area contributed by atoms with Crippen molar-refractivity contribution in [2.24, 2.45) is 0 Å². The van der Waals surface area contributed by atoms with E-state index in [0.717, 1.165) is 4.34 Å². The molecule has 0 spiro atoms. The highest BCUT2D eigenvalue weighted by Gasteiger charge is 2.15. The van der Waals surface area contributed by atoms with Gasteiger partial charge in [-0.25, -0.2) is 0 Å². The Hall–Kier alpha value is -0.790. The molecule has 2 aromatic rings. The molecule has 1 N–H and O–H groups in total. The fraction of sp³-hybridized carbons (Fsp3) is 0.231. The molecule has 0 aliphatic heterocycles. The van der Waals surface area contributed by atoms with Gasteiger partial charge in [0.15, 0.2) is 0 Å². The molecule has 0 bridgehead atoms. The molecule has 1 atom stereocenters. The van der Waals surface area contributed by atoms with Crippen LogP contribution in [0, 0.1) is 11.8 Å². The quantitative estimate of drug-likeness (QED) is 0.830. The van der Waals surface area contributed by atoms with Crippen molar-refractivity contribution in [2.75, 3.05) is 6.54 Å². The minimum Gasteiger partial charge on any atom is -0.294 e. The van der Waals surface area contributed by atoms with Crippen molar-refractivity contribution in [1.82, 2.24) is 5.32 Å². The second kappa shape index (κ2) is 6.23. The molecule has 4 heteroatoms. The molecule has 2 heterocycles. The third-order valence-electron chi connectivity index (χ3n) is 2.28. The first-order valence-electron chi connectivity index (χ1n) is 5.23. The van der Waals surface area contributed by atoms with Gasteiger partial charge in [-0.15, -0.1) is 28.6 Å². The fourth-order valence-electron chi connectivity index (χ4n) is 1.52. The maximum atomic E-state index is 5.99. The molecular formula is C13H12ClNS2. The van der Waals surface area contributed by atoms with Crippen LogP contribution in [-0.2, 0) is 0 Å². The van der Waals surface area contributed by atoms with Crippen LogP contribution in [-0.4, -0.2) is 6.54 Å². The Labute approximate surface area is 114 Å². The molecule has 0 amide bonds. The lowest BCUT2D eigenvalue weighted by Crippen LogP contribution is -2.21. The van der Waals surface area contributed by atoms with Gasteiger partial charge in [0.25, 0.3) is 0 Å². The van der Waals surface area contributed by atoms with Gasteiger partial charge in [0, 0.05) is 9.75 Å². The Bertz CT molecular complexity index is 519. The smallest absolute Gasteiger partial charge is 0.0931 e. The summed E-state index contributed by atoms with van der Waals surface area (Å²) < 4.78 is 0.824. The zero-order valence-electron chi connectivity index (χ0n) is 9.37. The van der Waals surface area contributed by atoms with E-state index in [1.54, 1.807) is 22.7 Å². The maximum absolute atomic E-state index is 5.99. The van der Waals surface area contributed by atoms with Gasteiger partial charge < -0.3 is 0 Å². The van der Waals surface area contributed by atoms with Gasteiger partial charge >= 0.3 is 0 Å². The molecule has 1 nitrogen and oxygen atoms in total. The van der Waals surface area contributed by atoms with Crippen LogP contribution >= 0.6 is 34.3 Å². The van der Waals surface area contributed by atoms with Crippen LogP contribution in [0.5, 0.6) is 0 Å². The van der Waals surface area contributed by atoms with E-state index in [0.29, 0.717) is 6.54 Å². The van der Waals surface area contributed by atoms with Gasteiger partial charge in [0.05, 0.1) is 16.9 Å². The molecule has 88 valence electrons. The summed E-state index contributed by atoms with van der Waals surface area (Å²) in [6, 6.07) is 8.41. The van der Waals surface area contributed by atoms with Crippen LogP contribution in [0.25, 0.3) is 0 Å². The number of hydrogen-bond acceptors (Lipinski definition) is 3. The Kier molecular flexibility index (Phi) is 4.64. The zero-order chi connectivity index (χ0) is 12.1. The zero-order valence-corrected chi connectivity index (χ0v) is 11.8. The van der Waals surface area contributed by atoms with Crippen LogP contribution in [0.4, 0.5) is 0 Å². The number of rotatable bonds is 4. The predicted molar refractivity (Wildman–Crippen MR) is 76.9 cm³/mol. The Morgan fingerprint density at radius 1 is 1.35 bits per heavy atom. The summed E-state index contributed by atoms with van der Waals surface area (Å²) in [6.45, 7) is 2.54. The summed E-state index contributed by atoms with van der Waals surface area (Å²) in [5, 5.41) is 5.53. The van der Waals surface area contributed by atoms with Gasteiger partial charge in [0.1, 0.15) is 0 Å². The first-order valence-corrected chi connectivity index (χ1v) is 7.30. The topological polar surface area (TPSA) is 12.0 Å². The summed E-state index contributed by atoms with van der Waals surface area (Å²) in [5.41, 5.74) is 0. The standard InChI is InChI=1S/C13H12ClNS2/c1-2-3-8-15-13(10-5-4-9-16-10)11-6-7-12(14)17-11/h4-7,9,13,15H,8H2,1H3. The largest absolute Gasteiger partial charge is 0.294 e. The van der Waals surface area contributed by atoms with Crippen molar-refractivity contribution in [3.8, 4) is 11.8 Å². The van der Waals surface area contributed by atoms with E-state index in [1.165, 1.54) is 9.75 Å². The third-order valence-corrected chi connectivity index (χ3v) is 4.51. The maximum Gasteiger partial charge on any atom is 0.0931 e. The van der Waals surface area contributed by atoms with E-state index in [-0.39, 0.29) is 6.04 Å². The average molecular weight is 282 g/mol. The van der Waals surface area contributed by atoms with Crippen LogP contribution in [0.1, 0.15) is 22.7 Å². The molecule has 0 aliphatic carbocycles. The highest BCUT2D eigenvalue weighted by molar-refractivity contribution is 7.16. The number of nitrogens with one attached hydrogen (secondary N) is 1. The normalized spacial score (nSPS) is 11.9. The summed E-state index contributed by atoms with van der Waals surface area (Å²) in [5.74, 6) is 5.93. The van der Waals surface area contributed by atoms with E-state index in [1.807, 2.05) is 13.0 Å². The van der Waals surface area contributed by atoms with Crippen molar-refractivity contribution in [1.29, 1.82) is 0 Å². The molecule has 0 saturated carbocycles. The van der Waals surface area contributed by atoms with Gasteiger partial charge in [-0.2, -0.15) is 0 Å². The average Bonchev–Trinajstić information content (AvgIpc) is 2.96. The minimum absolute atomic E-state index is 0.202. The lowest BCUT2D eigenvalue weighted by atomic mass is 10.2. The molecule has 0 fully saturated rings. The van der Waals surface area contributed by atoms with Crippen molar-refractivity contribution in [2.45, 2.75) is 13.0 Å². The highest BCUT2D eigenvalue weighted by atomic mass is 35.5. The Balaban J connectivity index is 2.20. The van der Waals surface area contributed by atoms with Gasteiger partial charge in [-0.05, 0) is 30.5 Å². The summed E-state index contributed by atoms with van der Waals surface area (Å²) in [4.78, 5) is 2.52. The molecule has 0 saturated heterocycles. The number of halogens is 1. The predicted octanol–water partition coefficient (Wildman–Crippen LogP) is 4.17. The first kappa shape index (κ1) is 12.7. The molecule has 2 rings (SSSR count). The molecule has 0 radical (unpaired) electrons. The molecule has 2 aromatic heterocycles. The second-order valence-electron chi connectivity index (χ2n) is 3.40. The lowest BCUT2D eigenvalue weighted by molar-refractivity contribution is 0.680. The van der Waals surface area contributed by atoms with E-state index in [9.17, 15) is 0 Å². The van der Waals surface area contributed by atoms with Crippen LogP contribution < -0.4 is 5.32 Å². The van der Waals surface area contributed by atoms with Crippen molar-refractivity contribution in [3.63, 3.8) is 0 Å². The number of thiophene rings is 2. The van der Waals surface area contributed by atoms with Gasteiger partial charge in [-0.1, -0.05) is 23.6 Å². The van der Waals surface area contributed by atoms with E-state index < -0.39 is 0 Å². The molecule has 0 aliphatic rings. The molecule has 17 heavy (non-hydrogen) atoms. The molecule has 0 aromatic carbocycles. The lowest BCUT2D eigenvalue weighted by Gasteiger charge is -2.13. The van der Waals surface area contributed by atoms with Gasteiger partial charge in [-0.3, -0.25) is 5.32 Å². The van der Waals surface area contributed by atoms with Crippen molar-refractivity contribution in [3.05, 3.63) is 43.7 Å². The highest BCUT2D eigenvalue weighted by Crippen LogP contribution is 2.32. The van der Waals surface area contributed by atoms with E-state index in [2.05, 4.69) is 40.7 Å².